The lowest BCUT2D eigenvalue weighted by molar-refractivity contribution is 0.126. The van der Waals surface area contributed by atoms with Crippen LogP contribution in [-0.2, 0) is 6.42 Å². The molecule has 1 aliphatic heterocycles. The number of benzene rings is 1. The molecule has 1 aromatic rings. The standard InChI is InChI=1S/C18H29NO2/c1-7-19-15(17(2,3)4)12-20-14-10-8-9-13-11-18(5,6)21-16(13)14/h8-10,15,19H,7,11-12H2,1-6H3. The van der Waals surface area contributed by atoms with Crippen molar-refractivity contribution < 1.29 is 9.47 Å². The van der Waals surface area contributed by atoms with E-state index in [1.54, 1.807) is 0 Å². The zero-order valence-electron chi connectivity index (χ0n) is 14.2. The Morgan fingerprint density at radius 1 is 1.33 bits per heavy atom. The van der Waals surface area contributed by atoms with E-state index in [1.165, 1.54) is 5.56 Å². The van der Waals surface area contributed by atoms with Gasteiger partial charge >= 0.3 is 0 Å². The van der Waals surface area contributed by atoms with Crippen LogP contribution in [0.15, 0.2) is 18.2 Å². The van der Waals surface area contributed by atoms with Gasteiger partial charge in [-0.05, 0) is 31.9 Å². The molecule has 1 unspecified atom stereocenters. The minimum atomic E-state index is -0.132. The van der Waals surface area contributed by atoms with Gasteiger partial charge in [-0.25, -0.2) is 0 Å². The normalized spacial score (nSPS) is 18.0. The van der Waals surface area contributed by atoms with Crippen molar-refractivity contribution in [3.63, 3.8) is 0 Å². The van der Waals surface area contributed by atoms with Crippen LogP contribution in [0.1, 0.15) is 47.1 Å². The fourth-order valence-electron chi connectivity index (χ4n) is 2.74. The first kappa shape index (κ1) is 16.2. The summed E-state index contributed by atoms with van der Waals surface area (Å²) in [5.74, 6) is 1.79. The predicted molar refractivity (Wildman–Crippen MR) is 87.3 cm³/mol. The Morgan fingerprint density at radius 3 is 2.67 bits per heavy atom. The molecule has 3 nitrogen and oxygen atoms in total. The Hall–Kier alpha value is -1.22. The largest absolute Gasteiger partial charge is 0.488 e. The molecule has 1 aromatic carbocycles. The first-order valence-electron chi connectivity index (χ1n) is 7.90. The van der Waals surface area contributed by atoms with Gasteiger partial charge in [0.25, 0.3) is 0 Å². The van der Waals surface area contributed by atoms with Crippen LogP contribution in [0.2, 0.25) is 0 Å². The quantitative estimate of drug-likeness (QED) is 0.895. The first-order valence-corrected chi connectivity index (χ1v) is 7.90. The van der Waals surface area contributed by atoms with Crippen molar-refractivity contribution in [1.29, 1.82) is 0 Å². The van der Waals surface area contributed by atoms with Crippen molar-refractivity contribution in [2.45, 2.75) is 59.6 Å². The SMILES string of the molecule is CCNC(COc1cccc2c1OC(C)(C)C2)C(C)(C)C. The van der Waals surface area contributed by atoms with E-state index < -0.39 is 0 Å². The average Bonchev–Trinajstić information content (AvgIpc) is 2.67. The van der Waals surface area contributed by atoms with Crippen molar-refractivity contribution in [2.75, 3.05) is 13.2 Å². The molecule has 21 heavy (non-hydrogen) atoms. The van der Waals surface area contributed by atoms with E-state index in [0.29, 0.717) is 12.6 Å². The molecule has 0 aromatic heterocycles. The Balaban J connectivity index is 2.10. The number of hydrogen-bond donors (Lipinski definition) is 1. The van der Waals surface area contributed by atoms with Crippen molar-refractivity contribution in [2.24, 2.45) is 5.41 Å². The summed E-state index contributed by atoms with van der Waals surface area (Å²) in [4.78, 5) is 0. The summed E-state index contributed by atoms with van der Waals surface area (Å²) in [6, 6.07) is 6.50. The molecule has 0 bridgehead atoms. The summed E-state index contributed by atoms with van der Waals surface area (Å²) in [7, 11) is 0. The van der Waals surface area contributed by atoms with Gasteiger partial charge in [-0.3, -0.25) is 0 Å². The summed E-state index contributed by atoms with van der Waals surface area (Å²) in [5.41, 5.74) is 1.27. The Bertz CT molecular complexity index is 488. The number of hydrogen-bond acceptors (Lipinski definition) is 3. The van der Waals surface area contributed by atoms with Crippen LogP contribution in [0.4, 0.5) is 0 Å². The molecule has 0 fully saturated rings. The van der Waals surface area contributed by atoms with E-state index in [9.17, 15) is 0 Å². The Morgan fingerprint density at radius 2 is 2.05 bits per heavy atom. The number of nitrogens with one attached hydrogen (secondary N) is 1. The maximum Gasteiger partial charge on any atom is 0.165 e. The van der Waals surface area contributed by atoms with Crippen LogP contribution < -0.4 is 14.8 Å². The van der Waals surface area contributed by atoms with E-state index in [0.717, 1.165) is 24.5 Å². The minimum Gasteiger partial charge on any atom is -0.488 e. The lowest BCUT2D eigenvalue weighted by Crippen LogP contribution is -2.44. The highest BCUT2D eigenvalue weighted by atomic mass is 16.5. The van der Waals surface area contributed by atoms with Gasteiger partial charge in [0.15, 0.2) is 11.5 Å². The van der Waals surface area contributed by atoms with E-state index in [1.807, 2.05) is 6.07 Å². The van der Waals surface area contributed by atoms with Gasteiger partial charge in [0.1, 0.15) is 12.2 Å². The monoisotopic (exact) mass is 291 g/mol. The van der Waals surface area contributed by atoms with Gasteiger partial charge in [0.05, 0.1) is 0 Å². The fourth-order valence-corrected chi connectivity index (χ4v) is 2.74. The van der Waals surface area contributed by atoms with Crippen LogP contribution in [0.3, 0.4) is 0 Å². The van der Waals surface area contributed by atoms with Crippen molar-refractivity contribution >= 4 is 0 Å². The maximum atomic E-state index is 6.10. The van der Waals surface area contributed by atoms with E-state index >= 15 is 0 Å². The Kier molecular flexibility index (Phi) is 4.52. The first-order chi connectivity index (χ1) is 9.73. The van der Waals surface area contributed by atoms with Crippen LogP contribution in [0, 0.1) is 5.41 Å². The fraction of sp³-hybridized carbons (Fsp3) is 0.667. The molecular formula is C18H29NO2. The van der Waals surface area contributed by atoms with E-state index in [-0.39, 0.29) is 11.0 Å². The summed E-state index contributed by atoms with van der Waals surface area (Å²) in [6.07, 6.45) is 0.940. The summed E-state index contributed by atoms with van der Waals surface area (Å²) in [6.45, 7) is 14.7. The molecule has 118 valence electrons. The summed E-state index contributed by atoms with van der Waals surface area (Å²) in [5, 5.41) is 3.51. The lowest BCUT2D eigenvalue weighted by atomic mass is 9.87. The second-order valence-electron chi connectivity index (χ2n) is 7.57. The number of fused-ring (bicyclic) bond motifs is 1. The molecule has 0 spiro atoms. The van der Waals surface area contributed by atoms with Gasteiger partial charge < -0.3 is 14.8 Å². The van der Waals surface area contributed by atoms with Gasteiger partial charge in [0, 0.05) is 18.0 Å². The number of ether oxygens (including phenoxy) is 2. The highest BCUT2D eigenvalue weighted by Crippen LogP contribution is 2.41. The lowest BCUT2D eigenvalue weighted by Gasteiger charge is -2.31. The highest BCUT2D eigenvalue weighted by Gasteiger charge is 2.33. The third-order valence-corrected chi connectivity index (χ3v) is 3.96. The molecule has 0 amide bonds. The molecule has 1 N–H and O–H groups in total. The van der Waals surface area contributed by atoms with Gasteiger partial charge in [-0.1, -0.05) is 39.8 Å². The van der Waals surface area contributed by atoms with Crippen LogP contribution >= 0.6 is 0 Å². The molecule has 0 saturated carbocycles. The minimum absolute atomic E-state index is 0.132. The predicted octanol–water partition coefficient (Wildman–Crippen LogP) is 3.80. The third kappa shape index (κ3) is 3.91. The number of rotatable bonds is 5. The molecule has 0 aliphatic carbocycles. The molecule has 1 aliphatic rings. The topological polar surface area (TPSA) is 30.5 Å². The molecule has 2 rings (SSSR count). The second-order valence-corrected chi connectivity index (χ2v) is 7.57. The maximum absolute atomic E-state index is 6.10. The zero-order chi connectivity index (χ0) is 15.7. The van der Waals surface area contributed by atoms with Crippen LogP contribution in [-0.4, -0.2) is 24.8 Å². The van der Waals surface area contributed by atoms with Crippen LogP contribution in [0.25, 0.3) is 0 Å². The van der Waals surface area contributed by atoms with Gasteiger partial charge in [-0.15, -0.1) is 0 Å². The van der Waals surface area contributed by atoms with E-state index in [2.05, 4.69) is 59.0 Å². The molecule has 3 heteroatoms. The molecule has 1 atom stereocenters. The number of para-hydroxylation sites is 1. The summed E-state index contributed by atoms with van der Waals surface area (Å²) < 4.78 is 12.2. The van der Waals surface area contributed by atoms with Gasteiger partial charge in [-0.2, -0.15) is 0 Å². The van der Waals surface area contributed by atoms with Crippen molar-refractivity contribution in [1.82, 2.24) is 5.32 Å². The van der Waals surface area contributed by atoms with Crippen LogP contribution in [0.5, 0.6) is 11.5 Å². The molecule has 0 saturated heterocycles. The van der Waals surface area contributed by atoms with E-state index in [4.69, 9.17) is 9.47 Å². The zero-order valence-corrected chi connectivity index (χ0v) is 14.2. The Labute approximate surface area is 129 Å². The molecule has 0 radical (unpaired) electrons. The molecular weight excluding hydrogens is 262 g/mol. The number of likely N-dealkylation sites (N-methyl/N-ethyl adjacent to an activating group) is 1. The third-order valence-electron chi connectivity index (χ3n) is 3.96. The van der Waals surface area contributed by atoms with Crippen molar-refractivity contribution in [3.8, 4) is 11.5 Å². The highest BCUT2D eigenvalue weighted by molar-refractivity contribution is 5.50. The molecule has 1 heterocycles. The second kappa shape index (κ2) is 5.88. The summed E-state index contributed by atoms with van der Waals surface area (Å²) >= 11 is 0. The average molecular weight is 291 g/mol. The van der Waals surface area contributed by atoms with Crippen molar-refractivity contribution in [3.05, 3.63) is 23.8 Å². The smallest absolute Gasteiger partial charge is 0.165 e. The van der Waals surface area contributed by atoms with Gasteiger partial charge in [0.2, 0.25) is 0 Å².